The number of nitrogens with one attached hydrogen (secondary N) is 1. The molecule has 3 nitrogen and oxygen atoms in total. The highest BCUT2D eigenvalue weighted by atomic mass is 16.5. The molecule has 1 aromatic carbocycles. The molecule has 1 saturated heterocycles. The summed E-state index contributed by atoms with van der Waals surface area (Å²) in [5.74, 6) is 0.473. The van der Waals surface area contributed by atoms with E-state index in [0.29, 0.717) is 23.9 Å². The molecule has 1 heterocycles. The molecule has 1 aliphatic heterocycles. The van der Waals surface area contributed by atoms with E-state index in [9.17, 15) is 5.11 Å². The van der Waals surface area contributed by atoms with Crippen molar-refractivity contribution < 1.29 is 9.84 Å². The third kappa shape index (κ3) is 3.82. The first-order valence-corrected chi connectivity index (χ1v) is 8.93. The van der Waals surface area contributed by atoms with Crippen molar-refractivity contribution in [2.45, 2.75) is 76.5 Å². The van der Waals surface area contributed by atoms with Gasteiger partial charge in [-0.2, -0.15) is 0 Å². The number of hydrogen-bond acceptors (Lipinski definition) is 3. The summed E-state index contributed by atoms with van der Waals surface area (Å²) in [6, 6.07) is 7.07. The van der Waals surface area contributed by atoms with E-state index in [1.54, 1.807) is 0 Å². The Morgan fingerprint density at radius 3 is 3.05 bits per heavy atom. The van der Waals surface area contributed by atoms with Gasteiger partial charge < -0.3 is 15.2 Å². The van der Waals surface area contributed by atoms with Gasteiger partial charge in [-0.3, -0.25) is 0 Å². The number of ether oxygens (including phenoxy) is 1. The van der Waals surface area contributed by atoms with Gasteiger partial charge in [-0.25, -0.2) is 0 Å². The summed E-state index contributed by atoms with van der Waals surface area (Å²) in [5.41, 5.74) is 2.48. The average molecular weight is 303 g/mol. The maximum absolute atomic E-state index is 9.94. The van der Waals surface area contributed by atoms with Crippen molar-refractivity contribution in [2.75, 3.05) is 6.61 Å². The molecule has 3 atom stereocenters. The largest absolute Gasteiger partial charge is 0.508 e. The first-order chi connectivity index (χ1) is 10.8. The summed E-state index contributed by atoms with van der Waals surface area (Å²) < 4.78 is 5.74. The van der Waals surface area contributed by atoms with Crippen LogP contribution in [0.5, 0.6) is 5.75 Å². The average Bonchev–Trinajstić information content (AvgIpc) is 3.05. The van der Waals surface area contributed by atoms with Gasteiger partial charge in [0, 0.05) is 18.7 Å². The maximum Gasteiger partial charge on any atom is 0.119 e. The second kappa shape index (κ2) is 7.47. The van der Waals surface area contributed by atoms with E-state index in [-0.39, 0.29) is 0 Å². The maximum atomic E-state index is 9.94. The van der Waals surface area contributed by atoms with Crippen molar-refractivity contribution in [2.24, 2.45) is 0 Å². The first-order valence-electron chi connectivity index (χ1n) is 8.93. The van der Waals surface area contributed by atoms with E-state index in [1.807, 2.05) is 12.1 Å². The van der Waals surface area contributed by atoms with Gasteiger partial charge in [-0.15, -0.1) is 0 Å². The van der Waals surface area contributed by atoms with Crippen LogP contribution in [-0.4, -0.2) is 29.9 Å². The van der Waals surface area contributed by atoms with Gasteiger partial charge >= 0.3 is 0 Å². The fraction of sp³-hybridized carbons (Fsp3) is 0.684. The van der Waals surface area contributed by atoms with Crippen molar-refractivity contribution in [1.82, 2.24) is 5.32 Å². The van der Waals surface area contributed by atoms with Gasteiger partial charge in [-0.1, -0.05) is 19.1 Å². The van der Waals surface area contributed by atoms with Crippen LogP contribution in [0.1, 0.15) is 56.6 Å². The van der Waals surface area contributed by atoms with Crippen molar-refractivity contribution in [3.05, 3.63) is 29.3 Å². The summed E-state index contributed by atoms with van der Waals surface area (Å²) in [6.45, 7) is 3.23. The minimum absolute atomic E-state index is 0.473. The molecule has 0 aromatic heterocycles. The summed E-state index contributed by atoms with van der Waals surface area (Å²) >= 11 is 0. The summed E-state index contributed by atoms with van der Waals surface area (Å²) in [7, 11) is 0. The van der Waals surface area contributed by atoms with Gasteiger partial charge in [-0.05, 0) is 68.6 Å². The van der Waals surface area contributed by atoms with E-state index in [2.05, 4.69) is 18.3 Å². The molecular formula is C19H29NO2. The Labute approximate surface area is 134 Å². The van der Waals surface area contributed by atoms with Crippen LogP contribution in [0.15, 0.2) is 18.2 Å². The lowest BCUT2D eigenvalue weighted by Gasteiger charge is -2.30. The highest BCUT2D eigenvalue weighted by Crippen LogP contribution is 2.29. The molecule has 2 aliphatic rings. The topological polar surface area (TPSA) is 41.5 Å². The Kier molecular flexibility index (Phi) is 5.37. The van der Waals surface area contributed by atoms with E-state index in [4.69, 9.17) is 4.74 Å². The molecule has 122 valence electrons. The molecule has 0 bridgehead atoms. The Balaban J connectivity index is 1.51. The highest BCUT2D eigenvalue weighted by Gasteiger charge is 2.23. The third-order valence-corrected chi connectivity index (χ3v) is 5.28. The quantitative estimate of drug-likeness (QED) is 0.844. The lowest BCUT2D eigenvalue weighted by Crippen LogP contribution is -2.41. The van der Waals surface area contributed by atoms with Crippen LogP contribution in [0.4, 0.5) is 0 Å². The SMILES string of the molecule is CCC(CCC1CCCO1)N[C@H]1CCc2c(O)cccc2C1. The monoisotopic (exact) mass is 303 g/mol. The molecule has 1 fully saturated rings. The van der Waals surface area contributed by atoms with Crippen molar-refractivity contribution >= 4 is 0 Å². The number of benzene rings is 1. The zero-order valence-corrected chi connectivity index (χ0v) is 13.7. The highest BCUT2D eigenvalue weighted by molar-refractivity contribution is 5.41. The first kappa shape index (κ1) is 15.8. The molecule has 22 heavy (non-hydrogen) atoms. The van der Waals surface area contributed by atoms with Crippen LogP contribution in [0, 0.1) is 0 Å². The fourth-order valence-corrected chi connectivity index (χ4v) is 3.93. The number of fused-ring (bicyclic) bond motifs is 1. The van der Waals surface area contributed by atoms with Crippen LogP contribution in [0.25, 0.3) is 0 Å². The molecule has 0 radical (unpaired) electrons. The van der Waals surface area contributed by atoms with Crippen LogP contribution in [0.3, 0.4) is 0 Å². The molecule has 1 aromatic rings. The zero-order chi connectivity index (χ0) is 15.4. The summed E-state index contributed by atoms with van der Waals surface area (Å²) in [5, 5.41) is 13.8. The van der Waals surface area contributed by atoms with Gasteiger partial charge in [0.05, 0.1) is 6.10 Å². The van der Waals surface area contributed by atoms with Crippen LogP contribution < -0.4 is 5.32 Å². The molecule has 0 spiro atoms. The molecule has 3 rings (SSSR count). The van der Waals surface area contributed by atoms with Crippen LogP contribution in [-0.2, 0) is 17.6 Å². The van der Waals surface area contributed by atoms with Gasteiger partial charge in [0.15, 0.2) is 0 Å². The molecule has 0 saturated carbocycles. The van der Waals surface area contributed by atoms with Crippen LogP contribution >= 0.6 is 0 Å². The fourth-order valence-electron chi connectivity index (χ4n) is 3.93. The van der Waals surface area contributed by atoms with Crippen LogP contribution in [0.2, 0.25) is 0 Å². The van der Waals surface area contributed by atoms with Gasteiger partial charge in [0.25, 0.3) is 0 Å². The number of phenolic OH excluding ortho intramolecular Hbond substituents is 1. The van der Waals surface area contributed by atoms with Crippen molar-refractivity contribution in [3.8, 4) is 5.75 Å². The number of phenols is 1. The second-order valence-electron chi connectivity index (χ2n) is 6.84. The molecule has 0 amide bonds. The van der Waals surface area contributed by atoms with Gasteiger partial charge in [0.1, 0.15) is 5.75 Å². The van der Waals surface area contributed by atoms with E-state index < -0.39 is 0 Å². The van der Waals surface area contributed by atoms with Crippen molar-refractivity contribution in [1.29, 1.82) is 0 Å². The Hall–Kier alpha value is -1.06. The number of aromatic hydroxyl groups is 1. The minimum atomic E-state index is 0.473. The van der Waals surface area contributed by atoms with E-state index in [0.717, 1.165) is 31.4 Å². The molecule has 2 N–H and O–H groups in total. The van der Waals surface area contributed by atoms with Crippen molar-refractivity contribution in [3.63, 3.8) is 0 Å². The Morgan fingerprint density at radius 1 is 1.36 bits per heavy atom. The normalized spacial score (nSPS) is 25.9. The van der Waals surface area contributed by atoms with E-state index in [1.165, 1.54) is 37.7 Å². The minimum Gasteiger partial charge on any atom is -0.508 e. The smallest absolute Gasteiger partial charge is 0.119 e. The molecular weight excluding hydrogens is 274 g/mol. The second-order valence-corrected chi connectivity index (χ2v) is 6.84. The lowest BCUT2D eigenvalue weighted by molar-refractivity contribution is 0.0988. The zero-order valence-electron chi connectivity index (χ0n) is 13.7. The summed E-state index contributed by atoms with van der Waals surface area (Å²) in [6.07, 6.45) is 9.71. The number of hydrogen-bond donors (Lipinski definition) is 2. The van der Waals surface area contributed by atoms with E-state index >= 15 is 0 Å². The van der Waals surface area contributed by atoms with Gasteiger partial charge in [0.2, 0.25) is 0 Å². The predicted molar refractivity (Wildman–Crippen MR) is 89.3 cm³/mol. The number of rotatable bonds is 6. The summed E-state index contributed by atoms with van der Waals surface area (Å²) in [4.78, 5) is 0. The predicted octanol–water partition coefficient (Wildman–Crippen LogP) is 3.58. The molecule has 1 aliphatic carbocycles. The Bertz CT molecular complexity index is 482. The molecule has 2 unspecified atom stereocenters. The standard InChI is InChI=1S/C19H29NO2/c1-2-15(8-10-17-6-4-12-22-17)20-16-9-11-18-14(13-16)5-3-7-19(18)21/h3,5,7,15-17,20-21H,2,4,6,8-13H2,1H3/t15?,16-,17?/m0/s1. The third-order valence-electron chi connectivity index (χ3n) is 5.28. The lowest BCUT2D eigenvalue weighted by atomic mass is 9.87. The molecule has 3 heteroatoms. The Morgan fingerprint density at radius 2 is 2.27 bits per heavy atom.